The summed E-state index contributed by atoms with van der Waals surface area (Å²) in [6.45, 7) is 2.91. The Balaban J connectivity index is 0.00000192. The summed E-state index contributed by atoms with van der Waals surface area (Å²) < 4.78 is 5.45. The van der Waals surface area contributed by atoms with Crippen LogP contribution in [0, 0.1) is 5.92 Å². The Bertz CT molecular complexity index is 516. The molecule has 1 aromatic rings. The average molecular weight is 343 g/mol. The van der Waals surface area contributed by atoms with Gasteiger partial charge < -0.3 is 14.7 Å². The molecular formula is C16H27ClN4O2. The third kappa shape index (κ3) is 4.04. The molecule has 1 aliphatic heterocycles. The number of carbonyl (C=O) groups excluding carboxylic acids is 1. The molecule has 0 spiro atoms. The van der Waals surface area contributed by atoms with Gasteiger partial charge in [-0.3, -0.25) is 4.79 Å². The molecule has 2 atom stereocenters. The fourth-order valence-electron chi connectivity index (χ4n) is 3.56. The van der Waals surface area contributed by atoms with Crippen molar-refractivity contribution >= 4 is 18.3 Å². The van der Waals surface area contributed by atoms with E-state index >= 15 is 0 Å². The van der Waals surface area contributed by atoms with Gasteiger partial charge in [-0.15, -0.1) is 12.4 Å². The first-order chi connectivity index (χ1) is 10.7. The molecule has 2 unspecified atom stereocenters. The molecule has 3 rings (SSSR count). The van der Waals surface area contributed by atoms with E-state index in [2.05, 4.69) is 22.4 Å². The van der Waals surface area contributed by atoms with E-state index in [1.807, 2.05) is 11.9 Å². The summed E-state index contributed by atoms with van der Waals surface area (Å²) in [5.74, 6) is 1.84. The second kappa shape index (κ2) is 8.11. The Kier molecular flexibility index (Phi) is 6.41. The number of carbonyl (C=O) groups is 1. The zero-order valence-corrected chi connectivity index (χ0v) is 14.8. The molecule has 0 radical (unpaired) electrons. The highest BCUT2D eigenvalue weighted by molar-refractivity contribution is 5.85. The Morgan fingerprint density at radius 1 is 1.35 bits per heavy atom. The molecule has 1 saturated heterocycles. The van der Waals surface area contributed by atoms with Crippen LogP contribution < -0.4 is 5.32 Å². The van der Waals surface area contributed by atoms with Crippen molar-refractivity contribution in [1.82, 2.24) is 20.4 Å². The second-order valence-corrected chi connectivity index (χ2v) is 6.61. The van der Waals surface area contributed by atoms with Crippen LogP contribution in [0.25, 0.3) is 0 Å². The van der Waals surface area contributed by atoms with Crippen molar-refractivity contribution in [3.05, 3.63) is 11.7 Å². The van der Waals surface area contributed by atoms with E-state index < -0.39 is 0 Å². The van der Waals surface area contributed by atoms with Crippen molar-refractivity contribution in [2.75, 3.05) is 13.6 Å². The molecule has 2 heterocycles. The van der Waals surface area contributed by atoms with Gasteiger partial charge in [-0.05, 0) is 39.7 Å². The zero-order valence-electron chi connectivity index (χ0n) is 14.0. The van der Waals surface area contributed by atoms with Gasteiger partial charge in [0, 0.05) is 24.9 Å². The van der Waals surface area contributed by atoms with Gasteiger partial charge in [0.2, 0.25) is 11.8 Å². The molecular weight excluding hydrogens is 316 g/mol. The van der Waals surface area contributed by atoms with Crippen LogP contribution in [0.3, 0.4) is 0 Å². The van der Waals surface area contributed by atoms with Crippen LogP contribution in [-0.4, -0.2) is 40.6 Å². The molecule has 1 N–H and O–H groups in total. The van der Waals surface area contributed by atoms with Crippen molar-refractivity contribution in [1.29, 1.82) is 0 Å². The van der Waals surface area contributed by atoms with Crippen LogP contribution in [0.5, 0.6) is 0 Å². The molecule has 23 heavy (non-hydrogen) atoms. The molecule has 0 aromatic carbocycles. The number of nitrogens with one attached hydrogen (secondary N) is 1. The van der Waals surface area contributed by atoms with Crippen molar-refractivity contribution in [3.8, 4) is 0 Å². The number of amides is 1. The zero-order chi connectivity index (χ0) is 15.5. The van der Waals surface area contributed by atoms with E-state index in [9.17, 15) is 4.79 Å². The van der Waals surface area contributed by atoms with Crippen LogP contribution >= 0.6 is 12.4 Å². The van der Waals surface area contributed by atoms with Gasteiger partial charge in [0.05, 0.1) is 0 Å². The minimum absolute atomic E-state index is 0. The fourth-order valence-corrected chi connectivity index (χ4v) is 3.56. The number of nitrogens with zero attached hydrogens (tertiary/aromatic N) is 3. The fraction of sp³-hybridized carbons (Fsp3) is 0.812. The number of likely N-dealkylation sites (N-methyl/N-ethyl adjacent to an activating group) is 1. The minimum Gasteiger partial charge on any atom is -0.337 e. The molecule has 1 aliphatic carbocycles. The monoisotopic (exact) mass is 342 g/mol. The van der Waals surface area contributed by atoms with E-state index in [-0.39, 0.29) is 24.4 Å². The summed E-state index contributed by atoms with van der Waals surface area (Å²) in [6, 6.07) is 0.296. The van der Waals surface area contributed by atoms with Gasteiger partial charge >= 0.3 is 0 Å². The summed E-state index contributed by atoms with van der Waals surface area (Å²) in [6.07, 6.45) is 7.13. The van der Waals surface area contributed by atoms with Gasteiger partial charge in [-0.1, -0.05) is 18.0 Å². The van der Waals surface area contributed by atoms with E-state index in [0.29, 0.717) is 17.8 Å². The number of likely N-dealkylation sites (tertiary alicyclic amines) is 1. The van der Waals surface area contributed by atoms with Gasteiger partial charge in [-0.25, -0.2) is 0 Å². The van der Waals surface area contributed by atoms with Crippen LogP contribution in [0.15, 0.2) is 4.52 Å². The summed E-state index contributed by atoms with van der Waals surface area (Å²) >= 11 is 0. The summed E-state index contributed by atoms with van der Waals surface area (Å²) in [5, 5.41) is 7.25. The summed E-state index contributed by atoms with van der Waals surface area (Å²) in [7, 11) is 1.92. The van der Waals surface area contributed by atoms with Gasteiger partial charge in [0.15, 0.2) is 5.82 Å². The maximum atomic E-state index is 12.7. The van der Waals surface area contributed by atoms with E-state index in [0.717, 1.165) is 44.5 Å². The number of hydrogen-bond acceptors (Lipinski definition) is 5. The molecule has 6 nitrogen and oxygen atoms in total. The molecule has 130 valence electrons. The lowest BCUT2D eigenvalue weighted by Crippen LogP contribution is -2.35. The maximum Gasteiger partial charge on any atom is 0.249 e. The lowest BCUT2D eigenvalue weighted by molar-refractivity contribution is -0.136. The average Bonchev–Trinajstić information content (AvgIpc) is 3.26. The largest absolute Gasteiger partial charge is 0.337 e. The predicted octanol–water partition coefficient (Wildman–Crippen LogP) is 2.50. The number of halogens is 1. The Hall–Kier alpha value is -1.14. The molecule has 7 heteroatoms. The summed E-state index contributed by atoms with van der Waals surface area (Å²) in [4.78, 5) is 19.2. The standard InChI is InChI=1S/C16H26N4O2.ClH/c1-11(17-2)10-14-18-15(22-19-14)13-8-5-9-20(13)16(21)12-6-3-4-7-12;/h11-13,17H,3-10H2,1-2H3;1H. The Morgan fingerprint density at radius 2 is 2.09 bits per heavy atom. The first-order valence-electron chi connectivity index (χ1n) is 8.49. The first kappa shape index (κ1) is 18.2. The normalized spacial score (nSPS) is 23.0. The summed E-state index contributed by atoms with van der Waals surface area (Å²) in [5.41, 5.74) is 0. The van der Waals surface area contributed by atoms with Crippen LogP contribution in [0.1, 0.15) is 63.2 Å². The molecule has 1 saturated carbocycles. The lowest BCUT2D eigenvalue weighted by Gasteiger charge is -2.24. The van der Waals surface area contributed by atoms with Gasteiger partial charge in [-0.2, -0.15) is 4.98 Å². The maximum absolute atomic E-state index is 12.7. The topological polar surface area (TPSA) is 71.3 Å². The van der Waals surface area contributed by atoms with E-state index in [1.165, 1.54) is 12.8 Å². The Labute approximate surface area is 143 Å². The van der Waals surface area contributed by atoms with Crippen LogP contribution in [-0.2, 0) is 11.2 Å². The predicted molar refractivity (Wildman–Crippen MR) is 89.4 cm³/mol. The molecule has 1 aromatic heterocycles. The van der Waals surface area contributed by atoms with Gasteiger partial charge in [0.25, 0.3) is 0 Å². The minimum atomic E-state index is -0.0146. The quantitative estimate of drug-likeness (QED) is 0.890. The number of rotatable bonds is 5. The second-order valence-electron chi connectivity index (χ2n) is 6.61. The van der Waals surface area contributed by atoms with E-state index in [1.54, 1.807) is 0 Å². The smallest absolute Gasteiger partial charge is 0.249 e. The first-order valence-corrected chi connectivity index (χ1v) is 8.49. The molecule has 2 aliphatic rings. The van der Waals surface area contributed by atoms with Crippen molar-refractivity contribution in [2.24, 2.45) is 5.92 Å². The number of hydrogen-bond donors (Lipinski definition) is 1. The highest BCUT2D eigenvalue weighted by Gasteiger charge is 2.37. The lowest BCUT2D eigenvalue weighted by atomic mass is 10.1. The van der Waals surface area contributed by atoms with Crippen molar-refractivity contribution in [2.45, 2.75) is 64.0 Å². The third-order valence-electron chi connectivity index (χ3n) is 4.99. The highest BCUT2D eigenvalue weighted by Crippen LogP contribution is 2.35. The van der Waals surface area contributed by atoms with Crippen LogP contribution in [0.4, 0.5) is 0 Å². The molecule has 2 fully saturated rings. The molecule has 1 amide bonds. The highest BCUT2D eigenvalue weighted by atomic mass is 35.5. The third-order valence-corrected chi connectivity index (χ3v) is 4.99. The van der Waals surface area contributed by atoms with E-state index in [4.69, 9.17) is 4.52 Å². The van der Waals surface area contributed by atoms with Gasteiger partial charge in [0.1, 0.15) is 6.04 Å². The van der Waals surface area contributed by atoms with Crippen molar-refractivity contribution < 1.29 is 9.32 Å². The SMILES string of the molecule is CNC(C)Cc1noc(C2CCCN2C(=O)C2CCCC2)n1.Cl. The van der Waals surface area contributed by atoms with Crippen LogP contribution in [0.2, 0.25) is 0 Å². The molecule has 0 bridgehead atoms. The van der Waals surface area contributed by atoms with Crippen molar-refractivity contribution in [3.63, 3.8) is 0 Å². The number of aromatic nitrogens is 2. The Morgan fingerprint density at radius 3 is 2.78 bits per heavy atom.